The van der Waals surface area contributed by atoms with Crippen molar-refractivity contribution < 1.29 is 23.8 Å². The van der Waals surface area contributed by atoms with Gasteiger partial charge in [0.1, 0.15) is 17.3 Å². The van der Waals surface area contributed by atoms with E-state index in [0.717, 1.165) is 11.8 Å². The van der Waals surface area contributed by atoms with E-state index in [1.54, 1.807) is 32.4 Å². The lowest BCUT2D eigenvalue weighted by Gasteiger charge is -2.05. The summed E-state index contributed by atoms with van der Waals surface area (Å²) in [6.45, 7) is 0. The average Bonchev–Trinajstić information content (AvgIpc) is 2.93. The Kier molecular flexibility index (Phi) is 4.46. The quantitative estimate of drug-likeness (QED) is 0.808. The van der Waals surface area contributed by atoms with Crippen LogP contribution in [0.4, 0.5) is 0 Å². The summed E-state index contributed by atoms with van der Waals surface area (Å²) >= 11 is 0.962. The second-order valence-electron chi connectivity index (χ2n) is 3.66. The minimum atomic E-state index is -0.946. The van der Waals surface area contributed by atoms with E-state index in [1.165, 1.54) is 0 Å². The molecule has 0 unspecified atom stereocenters. The van der Waals surface area contributed by atoms with Crippen LogP contribution in [0.25, 0.3) is 11.5 Å². The molecule has 0 aliphatic carbocycles. The molecular weight excluding hydrogens is 284 g/mol. The molecule has 0 saturated heterocycles. The van der Waals surface area contributed by atoms with E-state index < -0.39 is 5.97 Å². The van der Waals surface area contributed by atoms with E-state index >= 15 is 0 Å². The van der Waals surface area contributed by atoms with E-state index in [9.17, 15) is 4.79 Å². The molecule has 0 radical (unpaired) electrons. The maximum Gasteiger partial charge on any atom is 0.314 e. The van der Waals surface area contributed by atoms with Crippen molar-refractivity contribution in [1.29, 1.82) is 0 Å². The minimum Gasteiger partial charge on any atom is -0.497 e. The van der Waals surface area contributed by atoms with Crippen LogP contribution in [0.15, 0.2) is 27.8 Å². The Morgan fingerprint density at radius 2 is 1.90 bits per heavy atom. The van der Waals surface area contributed by atoms with Gasteiger partial charge < -0.3 is 19.0 Å². The predicted molar refractivity (Wildman–Crippen MR) is 71.2 cm³/mol. The Balaban J connectivity index is 2.24. The van der Waals surface area contributed by atoms with Crippen LogP contribution in [0.3, 0.4) is 0 Å². The number of nitrogens with zero attached hydrogens (tertiary/aromatic N) is 2. The summed E-state index contributed by atoms with van der Waals surface area (Å²) in [5.74, 6) is 0.380. The number of aliphatic carboxylic acids is 1. The summed E-state index contributed by atoms with van der Waals surface area (Å²) in [6, 6.07) is 5.17. The zero-order valence-electron chi connectivity index (χ0n) is 10.8. The van der Waals surface area contributed by atoms with Gasteiger partial charge in [-0.25, -0.2) is 0 Å². The molecule has 1 aromatic heterocycles. The van der Waals surface area contributed by atoms with Crippen LogP contribution >= 0.6 is 11.8 Å². The molecule has 1 N–H and O–H groups in total. The molecule has 0 saturated carbocycles. The minimum absolute atomic E-state index is 0.136. The number of thioether (sulfide) groups is 1. The SMILES string of the molecule is COc1cc(OC)cc(-c2nnc(SCC(=O)O)o2)c1. The molecule has 2 rings (SSSR count). The van der Waals surface area contributed by atoms with Crippen LogP contribution in [-0.4, -0.2) is 41.2 Å². The fraction of sp³-hybridized carbons (Fsp3) is 0.250. The summed E-state index contributed by atoms with van der Waals surface area (Å²) in [5, 5.41) is 16.4. The van der Waals surface area contributed by atoms with Gasteiger partial charge in [-0.3, -0.25) is 4.79 Å². The van der Waals surface area contributed by atoms with E-state index in [1.807, 2.05) is 0 Å². The molecule has 8 heteroatoms. The third-order valence-corrected chi connectivity index (χ3v) is 3.13. The monoisotopic (exact) mass is 296 g/mol. The van der Waals surface area contributed by atoms with Gasteiger partial charge in [0.2, 0.25) is 5.89 Å². The molecule has 1 heterocycles. The Hall–Kier alpha value is -2.22. The molecule has 7 nitrogen and oxygen atoms in total. The van der Waals surface area contributed by atoms with Crippen LogP contribution in [0, 0.1) is 0 Å². The van der Waals surface area contributed by atoms with Crippen molar-refractivity contribution in [2.24, 2.45) is 0 Å². The van der Waals surface area contributed by atoms with E-state index in [4.69, 9.17) is 19.0 Å². The van der Waals surface area contributed by atoms with Crippen molar-refractivity contribution in [1.82, 2.24) is 10.2 Å². The first-order chi connectivity index (χ1) is 9.62. The predicted octanol–water partition coefficient (Wildman–Crippen LogP) is 1.93. The third kappa shape index (κ3) is 3.41. The lowest BCUT2D eigenvalue weighted by molar-refractivity contribution is -0.133. The van der Waals surface area contributed by atoms with Crippen LogP contribution in [0.5, 0.6) is 11.5 Å². The molecule has 0 aliphatic heterocycles. The summed E-state index contributed by atoms with van der Waals surface area (Å²) in [5.41, 5.74) is 0.635. The lowest BCUT2D eigenvalue weighted by atomic mass is 10.2. The van der Waals surface area contributed by atoms with Crippen LogP contribution < -0.4 is 9.47 Å². The number of carbonyl (C=O) groups is 1. The van der Waals surface area contributed by atoms with Gasteiger partial charge in [-0.05, 0) is 12.1 Å². The molecule has 0 bridgehead atoms. The summed E-state index contributed by atoms with van der Waals surface area (Å²) < 4.78 is 15.7. The second kappa shape index (κ2) is 6.29. The molecule has 20 heavy (non-hydrogen) atoms. The third-order valence-electron chi connectivity index (χ3n) is 2.32. The Bertz CT molecular complexity index is 591. The zero-order chi connectivity index (χ0) is 14.5. The normalized spacial score (nSPS) is 10.3. The Labute approximate surface area is 118 Å². The summed E-state index contributed by atoms with van der Waals surface area (Å²) in [6.07, 6.45) is 0. The van der Waals surface area contributed by atoms with Gasteiger partial charge >= 0.3 is 5.97 Å². The summed E-state index contributed by atoms with van der Waals surface area (Å²) in [4.78, 5) is 10.5. The highest BCUT2D eigenvalue weighted by Gasteiger charge is 2.12. The van der Waals surface area contributed by atoms with Crippen LogP contribution in [-0.2, 0) is 4.79 Å². The topological polar surface area (TPSA) is 94.7 Å². The van der Waals surface area contributed by atoms with Crippen molar-refractivity contribution in [2.45, 2.75) is 5.22 Å². The van der Waals surface area contributed by atoms with Crippen LogP contribution in [0.2, 0.25) is 0 Å². The number of hydrogen-bond acceptors (Lipinski definition) is 7. The number of methoxy groups -OCH3 is 2. The molecule has 2 aromatic rings. The highest BCUT2D eigenvalue weighted by Crippen LogP contribution is 2.30. The molecular formula is C12H12N2O5S. The van der Waals surface area contributed by atoms with Crippen molar-refractivity contribution in [3.05, 3.63) is 18.2 Å². The van der Waals surface area contributed by atoms with Gasteiger partial charge in [0, 0.05) is 11.6 Å². The fourth-order valence-corrected chi connectivity index (χ4v) is 1.92. The maximum atomic E-state index is 10.5. The van der Waals surface area contributed by atoms with Gasteiger partial charge in [-0.15, -0.1) is 10.2 Å². The molecule has 0 spiro atoms. The number of hydrogen-bond donors (Lipinski definition) is 1. The number of carboxylic acid groups (broad SMARTS) is 1. The Morgan fingerprint density at radius 3 is 2.45 bits per heavy atom. The van der Waals surface area contributed by atoms with Crippen molar-refractivity contribution >= 4 is 17.7 Å². The molecule has 0 atom stereocenters. The number of ether oxygens (including phenoxy) is 2. The molecule has 0 aliphatic rings. The highest BCUT2D eigenvalue weighted by atomic mass is 32.2. The van der Waals surface area contributed by atoms with Gasteiger partial charge in [0.25, 0.3) is 5.22 Å². The van der Waals surface area contributed by atoms with E-state index in [2.05, 4.69) is 10.2 Å². The first kappa shape index (κ1) is 14.2. The van der Waals surface area contributed by atoms with Crippen LogP contribution in [0.1, 0.15) is 0 Å². The number of aromatic nitrogens is 2. The smallest absolute Gasteiger partial charge is 0.314 e. The van der Waals surface area contributed by atoms with Gasteiger partial charge in [-0.2, -0.15) is 0 Å². The largest absolute Gasteiger partial charge is 0.497 e. The lowest BCUT2D eigenvalue weighted by Crippen LogP contribution is -1.97. The first-order valence-electron chi connectivity index (χ1n) is 5.54. The van der Waals surface area contributed by atoms with E-state index in [0.29, 0.717) is 17.1 Å². The maximum absolute atomic E-state index is 10.5. The zero-order valence-corrected chi connectivity index (χ0v) is 11.6. The highest BCUT2D eigenvalue weighted by molar-refractivity contribution is 7.99. The molecule has 1 aromatic carbocycles. The van der Waals surface area contributed by atoms with Crippen molar-refractivity contribution in [3.63, 3.8) is 0 Å². The van der Waals surface area contributed by atoms with Crippen molar-refractivity contribution in [2.75, 3.05) is 20.0 Å². The number of rotatable bonds is 6. The molecule has 106 valence electrons. The van der Waals surface area contributed by atoms with E-state index in [-0.39, 0.29) is 16.9 Å². The molecule has 0 fully saturated rings. The number of carboxylic acids is 1. The van der Waals surface area contributed by atoms with Gasteiger partial charge in [0.05, 0.1) is 14.2 Å². The fourth-order valence-electron chi connectivity index (χ4n) is 1.44. The standard InChI is InChI=1S/C12H12N2O5S/c1-17-8-3-7(4-9(5-8)18-2)11-13-14-12(19-11)20-6-10(15)16/h3-5H,6H2,1-2H3,(H,15,16). The summed E-state index contributed by atoms with van der Waals surface area (Å²) in [7, 11) is 3.08. The average molecular weight is 296 g/mol. The first-order valence-corrected chi connectivity index (χ1v) is 6.52. The number of benzene rings is 1. The van der Waals surface area contributed by atoms with Crippen molar-refractivity contribution in [3.8, 4) is 23.0 Å². The van der Waals surface area contributed by atoms with Gasteiger partial charge in [-0.1, -0.05) is 11.8 Å². The molecule has 0 amide bonds. The van der Waals surface area contributed by atoms with Gasteiger partial charge in [0.15, 0.2) is 0 Å². The second-order valence-corrected chi connectivity index (χ2v) is 4.58. The Morgan fingerprint density at radius 1 is 1.25 bits per heavy atom.